The molecule has 5 rings (SSSR count). The number of carbonyl (C=O) groups is 1. The van der Waals surface area contributed by atoms with Crippen molar-refractivity contribution in [3.05, 3.63) is 75.4 Å². The molecule has 1 unspecified atom stereocenters. The number of carbonyl (C=O) groups excluding carboxylic acids is 1. The number of hydrogen-bond donors (Lipinski definition) is 4. The molecule has 0 saturated heterocycles. The summed E-state index contributed by atoms with van der Waals surface area (Å²) in [5.74, 6) is 0.135. The monoisotopic (exact) mass is 417 g/mol. The van der Waals surface area contributed by atoms with Crippen molar-refractivity contribution in [2.24, 2.45) is 10.7 Å². The lowest BCUT2D eigenvalue weighted by atomic mass is 9.93. The van der Waals surface area contributed by atoms with E-state index in [0.717, 1.165) is 41.6 Å². The first-order chi connectivity index (χ1) is 14.9. The fourth-order valence-electron chi connectivity index (χ4n) is 4.13. The van der Waals surface area contributed by atoms with Gasteiger partial charge in [0.25, 0.3) is 0 Å². The number of nitrogens with zero attached hydrogens (tertiary/aromatic N) is 1. The molecule has 0 amide bonds. The first kappa shape index (κ1) is 19.3. The average Bonchev–Trinajstić information content (AvgIpc) is 3.03. The van der Waals surface area contributed by atoms with Crippen LogP contribution >= 0.6 is 0 Å². The third kappa shape index (κ3) is 3.44. The number of rotatable bonds is 2. The van der Waals surface area contributed by atoms with Crippen molar-refractivity contribution in [1.82, 2.24) is 10.3 Å². The smallest absolute Gasteiger partial charge is 0.408 e. The Morgan fingerprint density at radius 1 is 1.13 bits per heavy atom. The van der Waals surface area contributed by atoms with E-state index in [4.69, 9.17) is 15.1 Å². The molecule has 5 N–H and O–H groups in total. The molecule has 8 heteroatoms. The molecule has 1 atom stereocenters. The number of ketones is 1. The lowest BCUT2D eigenvalue weighted by Gasteiger charge is -2.31. The predicted molar refractivity (Wildman–Crippen MR) is 119 cm³/mol. The zero-order chi connectivity index (χ0) is 21.6. The third-order valence-electron chi connectivity index (χ3n) is 5.95. The van der Waals surface area contributed by atoms with Crippen molar-refractivity contribution < 1.29 is 9.21 Å². The van der Waals surface area contributed by atoms with Gasteiger partial charge in [-0.1, -0.05) is 12.1 Å². The van der Waals surface area contributed by atoms with Crippen molar-refractivity contribution in [3.8, 4) is 0 Å². The SMILES string of the molecule is CC1=CNC(Nc2ccc3c(c2)C(=O)CCCC3)=NC1(N)c1ccc2oc(=O)[nH]c2c1. The molecular weight excluding hydrogens is 394 g/mol. The number of oxazole rings is 1. The van der Waals surface area contributed by atoms with Gasteiger partial charge < -0.3 is 15.1 Å². The van der Waals surface area contributed by atoms with E-state index in [1.807, 2.05) is 25.1 Å². The summed E-state index contributed by atoms with van der Waals surface area (Å²) in [4.78, 5) is 31.3. The number of anilines is 1. The Kier molecular flexibility index (Phi) is 4.51. The second-order valence-corrected chi connectivity index (χ2v) is 8.05. The summed E-state index contributed by atoms with van der Waals surface area (Å²) in [5.41, 5.74) is 10.8. The van der Waals surface area contributed by atoms with E-state index in [9.17, 15) is 9.59 Å². The highest BCUT2D eigenvalue weighted by atomic mass is 16.4. The number of Topliss-reactive ketones (excluding diaryl/α,β-unsaturated/α-hetero) is 1. The molecule has 1 aromatic heterocycles. The van der Waals surface area contributed by atoms with Crippen LogP contribution in [-0.4, -0.2) is 16.7 Å². The molecule has 2 aliphatic rings. The summed E-state index contributed by atoms with van der Waals surface area (Å²) >= 11 is 0. The maximum atomic E-state index is 12.5. The number of nitrogens with one attached hydrogen (secondary N) is 3. The highest BCUT2D eigenvalue weighted by Gasteiger charge is 2.33. The van der Waals surface area contributed by atoms with Gasteiger partial charge in [0.2, 0.25) is 5.96 Å². The van der Waals surface area contributed by atoms with Gasteiger partial charge in [-0.2, -0.15) is 0 Å². The van der Waals surface area contributed by atoms with Gasteiger partial charge in [-0.25, -0.2) is 9.79 Å². The van der Waals surface area contributed by atoms with E-state index in [-0.39, 0.29) is 5.78 Å². The van der Waals surface area contributed by atoms with Gasteiger partial charge in [-0.05, 0) is 61.6 Å². The molecule has 0 fully saturated rings. The first-order valence-corrected chi connectivity index (χ1v) is 10.3. The van der Waals surface area contributed by atoms with Gasteiger partial charge in [-0.3, -0.25) is 15.5 Å². The van der Waals surface area contributed by atoms with Crippen molar-refractivity contribution >= 4 is 28.5 Å². The van der Waals surface area contributed by atoms with Gasteiger partial charge in [0.1, 0.15) is 0 Å². The summed E-state index contributed by atoms with van der Waals surface area (Å²) in [7, 11) is 0. The maximum absolute atomic E-state index is 12.5. The van der Waals surface area contributed by atoms with Crippen LogP contribution in [0.2, 0.25) is 0 Å². The number of benzene rings is 2. The summed E-state index contributed by atoms with van der Waals surface area (Å²) in [5, 5.41) is 6.37. The molecular formula is C23H23N5O3. The van der Waals surface area contributed by atoms with Gasteiger partial charge >= 0.3 is 5.76 Å². The molecule has 2 heterocycles. The van der Waals surface area contributed by atoms with Gasteiger partial charge in [-0.15, -0.1) is 0 Å². The quantitative estimate of drug-likeness (QED) is 0.475. The fourth-order valence-corrected chi connectivity index (χ4v) is 4.13. The Bertz CT molecular complexity index is 1320. The molecule has 8 nitrogen and oxygen atoms in total. The van der Waals surface area contributed by atoms with Crippen LogP contribution < -0.4 is 22.1 Å². The van der Waals surface area contributed by atoms with Crippen LogP contribution in [0.3, 0.4) is 0 Å². The molecule has 0 radical (unpaired) electrons. The standard InChI is InChI=1S/C23H23N5O3/c1-13-12-25-21(26-16-8-6-14-4-2-3-5-19(29)17(14)11-16)28-23(13,24)15-7-9-20-18(10-15)27-22(30)31-20/h6-12H,2-5,24H2,1H3,(H,27,30)(H2,25,26,28). The lowest BCUT2D eigenvalue weighted by molar-refractivity contribution is 0.0982. The van der Waals surface area contributed by atoms with Crippen LogP contribution in [0.4, 0.5) is 5.69 Å². The van der Waals surface area contributed by atoms with Crippen LogP contribution in [0.5, 0.6) is 0 Å². The van der Waals surface area contributed by atoms with Crippen molar-refractivity contribution in [2.45, 2.75) is 38.3 Å². The predicted octanol–water partition coefficient (Wildman–Crippen LogP) is 3.12. The zero-order valence-corrected chi connectivity index (χ0v) is 17.1. The van der Waals surface area contributed by atoms with Gasteiger partial charge in [0.15, 0.2) is 17.0 Å². The third-order valence-corrected chi connectivity index (χ3v) is 5.95. The average molecular weight is 417 g/mol. The highest BCUT2D eigenvalue weighted by Crippen LogP contribution is 2.32. The summed E-state index contributed by atoms with van der Waals surface area (Å²) in [6, 6.07) is 11.1. The number of aromatic nitrogens is 1. The number of H-pyrrole nitrogens is 1. The van der Waals surface area contributed by atoms with Crippen LogP contribution in [0.1, 0.15) is 47.7 Å². The molecule has 1 aliphatic heterocycles. The number of aromatic amines is 1. The Balaban J connectivity index is 1.48. The minimum absolute atomic E-state index is 0.181. The van der Waals surface area contributed by atoms with E-state index in [1.165, 1.54) is 0 Å². The van der Waals surface area contributed by atoms with E-state index >= 15 is 0 Å². The van der Waals surface area contributed by atoms with Crippen molar-refractivity contribution in [2.75, 3.05) is 5.32 Å². The molecule has 0 bridgehead atoms. The molecule has 2 aromatic carbocycles. The van der Waals surface area contributed by atoms with Crippen molar-refractivity contribution in [1.29, 1.82) is 0 Å². The fraction of sp³-hybridized carbons (Fsp3) is 0.261. The topological polar surface area (TPSA) is 126 Å². The van der Waals surface area contributed by atoms with E-state index in [1.54, 1.807) is 24.4 Å². The van der Waals surface area contributed by atoms with Crippen LogP contribution in [0, 0.1) is 0 Å². The normalized spacial score (nSPS) is 21.0. The Morgan fingerprint density at radius 2 is 1.97 bits per heavy atom. The second kappa shape index (κ2) is 7.24. The summed E-state index contributed by atoms with van der Waals surface area (Å²) in [6.07, 6.45) is 5.27. The maximum Gasteiger partial charge on any atom is 0.417 e. The summed E-state index contributed by atoms with van der Waals surface area (Å²) < 4.78 is 5.08. The molecule has 158 valence electrons. The molecule has 3 aromatic rings. The first-order valence-electron chi connectivity index (χ1n) is 10.3. The molecule has 0 saturated carbocycles. The molecule has 31 heavy (non-hydrogen) atoms. The molecule has 1 aliphatic carbocycles. The van der Waals surface area contributed by atoms with Crippen molar-refractivity contribution in [3.63, 3.8) is 0 Å². The van der Waals surface area contributed by atoms with Crippen LogP contribution in [0.25, 0.3) is 11.1 Å². The number of aliphatic imine (C=N–C) groups is 1. The number of guanidine groups is 1. The zero-order valence-electron chi connectivity index (χ0n) is 17.1. The molecule has 0 spiro atoms. The summed E-state index contributed by atoms with van der Waals surface area (Å²) in [6.45, 7) is 1.89. The van der Waals surface area contributed by atoms with Crippen LogP contribution in [-0.2, 0) is 12.1 Å². The van der Waals surface area contributed by atoms with E-state index in [2.05, 4.69) is 15.6 Å². The van der Waals surface area contributed by atoms with E-state index in [0.29, 0.717) is 29.0 Å². The minimum atomic E-state index is -1.13. The van der Waals surface area contributed by atoms with Gasteiger partial charge in [0, 0.05) is 29.4 Å². The minimum Gasteiger partial charge on any atom is -0.408 e. The largest absolute Gasteiger partial charge is 0.417 e. The number of aryl methyl sites for hydroxylation is 1. The number of fused-ring (bicyclic) bond motifs is 2. The van der Waals surface area contributed by atoms with Crippen LogP contribution in [0.15, 0.2) is 62.4 Å². The van der Waals surface area contributed by atoms with Gasteiger partial charge in [0.05, 0.1) is 5.52 Å². The highest BCUT2D eigenvalue weighted by molar-refractivity contribution is 6.01. The Morgan fingerprint density at radius 3 is 2.84 bits per heavy atom. The van der Waals surface area contributed by atoms with E-state index < -0.39 is 11.4 Å². The Labute approximate surface area is 178 Å². The Hall–Kier alpha value is -3.65. The second-order valence-electron chi connectivity index (χ2n) is 8.05. The number of hydrogen-bond acceptors (Lipinski definition) is 7. The lowest BCUT2D eigenvalue weighted by Crippen LogP contribution is -2.44. The number of nitrogens with two attached hydrogens (primary N) is 1.